The van der Waals surface area contributed by atoms with Crippen LogP contribution in [0.5, 0.6) is 5.75 Å². The van der Waals surface area contributed by atoms with Crippen LogP contribution in [0.25, 0.3) is 10.8 Å². The first-order chi connectivity index (χ1) is 8.70. The molecule has 1 N–H and O–H groups in total. The zero-order valence-corrected chi connectivity index (χ0v) is 10.0. The Morgan fingerprint density at radius 1 is 1.39 bits per heavy atom. The molecule has 1 aliphatic rings. The Morgan fingerprint density at radius 3 is 2.78 bits per heavy atom. The van der Waals surface area contributed by atoms with Crippen molar-refractivity contribution >= 4 is 16.7 Å². The Bertz CT molecular complexity index is 632. The van der Waals surface area contributed by atoms with E-state index in [9.17, 15) is 4.79 Å². The summed E-state index contributed by atoms with van der Waals surface area (Å²) in [7, 11) is 1.59. The van der Waals surface area contributed by atoms with Crippen molar-refractivity contribution in [2.45, 2.75) is 18.8 Å². The minimum atomic E-state index is -0.996. The van der Waals surface area contributed by atoms with Crippen molar-refractivity contribution in [2.75, 3.05) is 7.11 Å². The normalized spacial score (nSPS) is 14.7. The molecule has 2 aromatic rings. The molecule has 0 radical (unpaired) electrons. The Kier molecular flexibility index (Phi) is 2.44. The summed E-state index contributed by atoms with van der Waals surface area (Å²) in [5.74, 6) is 0.0999. The van der Waals surface area contributed by atoms with Gasteiger partial charge in [-0.1, -0.05) is 12.1 Å². The number of aromatic carboxylic acids is 1. The maximum absolute atomic E-state index is 11.1. The third kappa shape index (κ3) is 1.70. The van der Waals surface area contributed by atoms with E-state index in [1.54, 1.807) is 13.2 Å². The number of hydrogen-bond acceptors (Lipinski definition) is 3. The second-order valence-corrected chi connectivity index (χ2v) is 4.53. The lowest BCUT2D eigenvalue weighted by atomic mass is 10.0. The number of carboxylic acid groups (broad SMARTS) is 1. The average Bonchev–Trinajstić information content (AvgIpc) is 3.20. The molecule has 1 fully saturated rings. The van der Waals surface area contributed by atoms with Crippen LogP contribution in [0, 0.1) is 0 Å². The molecule has 0 bridgehead atoms. The third-order valence-electron chi connectivity index (χ3n) is 3.27. The number of carbonyl (C=O) groups is 1. The molecule has 1 aliphatic carbocycles. The van der Waals surface area contributed by atoms with E-state index in [-0.39, 0.29) is 5.69 Å². The Labute approximate surface area is 104 Å². The van der Waals surface area contributed by atoms with Crippen molar-refractivity contribution in [2.24, 2.45) is 0 Å². The van der Waals surface area contributed by atoms with Crippen molar-refractivity contribution in [3.05, 3.63) is 35.7 Å². The van der Waals surface area contributed by atoms with Gasteiger partial charge in [-0.25, -0.2) is 9.78 Å². The summed E-state index contributed by atoms with van der Waals surface area (Å²) in [6.07, 6.45) is 2.17. The van der Waals surface area contributed by atoms with Crippen molar-refractivity contribution in [1.82, 2.24) is 4.98 Å². The first kappa shape index (κ1) is 11.0. The number of nitrogens with zero attached hydrogens (tertiary/aromatic N) is 1. The van der Waals surface area contributed by atoms with Crippen LogP contribution >= 0.6 is 0 Å². The van der Waals surface area contributed by atoms with Crippen LogP contribution in [0.1, 0.15) is 34.9 Å². The molecule has 1 aromatic carbocycles. The Hall–Kier alpha value is -2.10. The molecule has 1 saturated carbocycles. The van der Waals surface area contributed by atoms with E-state index >= 15 is 0 Å². The summed E-state index contributed by atoms with van der Waals surface area (Å²) >= 11 is 0. The molecule has 0 saturated heterocycles. The van der Waals surface area contributed by atoms with Crippen LogP contribution < -0.4 is 4.74 Å². The summed E-state index contributed by atoms with van der Waals surface area (Å²) in [5.41, 5.74) is 0.984. The third-order valence-corrected chi connectivity index (χ3v) is 3.27. The van der Waals surface area contributed by atoms with Crippen LogP contribution in [0.4, 0.5) is 0 Å². The minimum Gasteiger partial charge on any atom is -0.496 e. The first-order valence-corrected chi connectivity index (χ1v) is 5.91. The van der Waals surface area contributed by atoms with E-state index < -0.39 is 5.97 Å². The predicted molar refractivity (Wildman–Crippen MR) is 67.2 cm³/mol. The quantitative estimate of drug-likeness (QED) is 0.900. The van der Waals surface area contributed by atoms with E-state index in [1.165, 1.54) is 0 Å². The van der Waals surface area contributed by atoms with E-state index in [1.807, 2.05) is 18.2 Å². The van der Waals surface area contributed by atoms with Crippen LogP contribution in [-0.4, -0.2) is 23.2 Å². The number of hydrogen-bond donors (Lipinski definition) is 1. The van der Waals surface area contributed by atoms with Crippen molar-refractivity contribution < 1.29 is 14.6 Å². The zero-order valence-electron chi connectivity index (χ0n) is 10.0. The Morgan fingerprint density at radius 2 is 2.17 bits per heavy atom. The maximum atomic E-state index is 11.1. The second-order valence-electron chi connectivity index (χ2n) is 4.53. The van der Waals surface area contributed by atoms with Crippen LogP contribution in [0.3, 0.4) is 0 Å². The Balaban J connectivity index is 2.33. The highest BCUT2D eigenvalue weighted by Gasteiger charge is 2.28. The summed E-state index contributed by atoms with van der Waals surface area (Å²) in [6, 6.07) is 7.31. The number of aromatic nitrogens is 1. The molecule has 1 heterocycles. The number of pyridine rings is 1. The minimum absolute atomic E-state index is 0.0916. The van der Waals surface area contributed by atoms with Gasteiger partial charge in [0.2, 0.25) is 0 Å². The predicted octanol–water partition coefficient (Wildman–Crippen LogP) is 2.82. The van der Waals surface area contributed by atoms with Gasteiger partial charge in [0.15, 0.2) is 0 Å². The summed E-state index contributed by atoms with van der Waals surface area (Å²) in [6.45, 7) is 0. The zero-order chi connectivity index (χ0) is 12.7. The molecule has 0 amide bonds. The topological polar surface area (TPSA) is 59.4 Å². The number of rotatable bonds is 3. The molecular weight excluding hydrogens is 230 g/mol. The standard InChI is InChI=1S/C14H13NO3/c1-18-12-4-2-3-9-10(12)7-11(14(16)17)15-13(9)8-5-6-8/h2-4,7-8H,5-6H2,1H3,(H,16,17). The average molecular weight is 243 g/mol. The van der Waals surface area contributed by atoms with E-state index in [0.717, 1.165) is 29.3 Å². The number of fused-ring (bicyclic) bond motifs is 1. The van der Waals surface area contributed by atoms with Gasteiger partial charge in [-0.15, -0.1) is 0 Å². The number of ether oxygens (including phenoxy) is 1. The van der Waals surface area contributed by atoms with E-state index in [0.29, 0.717) is 11.7 Å². The second kappa shape index (κ2) is 3.98. The number of methoxy groups -OCH3 is 1. The molecule has 0 aliphatic heterocycles. The van der Waals surface area contributed by atoms with Gasteiger partial charge in [0.25, 0.3) is 0 Å². The number of carboxylic acids is 1. The van der Waals surface area contributed by atoms with Gasteiger partial charge >= 0.3 is 5.97 Å². The molecule has 4 nitrogen and oxygen atoms in total. The molecule has 0 spiro atoms. The fourth-order valence-corrected chi connectivity index (χ4v) is 2.23. The van der Waals surface area contributed by atoms with Gasteiger partial charge in [-0.3, -0.25) is 0 Å². The smallest absolute Gasteiger partial charge is 0.354 e. The van der Waals surface area contributed by atoms with E-state index in [2.05, 4.69) is 4.98 Å². The van der Waals surface area contributed by atoms with Crippen LogP contribution in [-0.2, 0) is 0 Å². The van der Waals surface area contributed by atoms with Gasteiger partial charge in [-0.2, -0.15) is 0 Å². The molecule has 1 aromatic heterocycles. The van der Waals surface area contributed by atoms with Crippen molar-refractivity contribution in [1.29, 1.82) is 0 Å². The lowest BCUT2D eigenvalue weighted by Crippen LogP contribution is -2.03. The molecule has 0 atom stereocenters. The van der Waals surface area contributed by atoms with Crippen LogP contribution in [0.2, 0.25) is 0 Å². The lowest BCUT2D eigenvalue weighted by molar-refractivity contribution is 0.0690. The highest BCUT2D eigenvalue weighted by Crippen LogP contribution is 2.43. The van der Waals surface area contributed by atoms with Crippen molar-refractivity contribution in [3.8, 4) is 5.75 Å². The molecule has 4 heteroatoms. The molecule has 3 rings (SSSR count). The van der Waals surface area contributed by atoms with Gasteiger partial charge in [0.05, 0.1) is 12.8 Å². The molecular formula is C14H13NO3. The molecule has 92 valence electrons. The fourth-order valence-electron chi connectivity index (χ4n) is 2.23. The van der Waals surface area contributed by atoms with E-state index in [4.69, 9.17) is 9.84 Å². The number of benzene rings is 1. The van der Waals surface area contributed by atoms with Gasteiger partial charge < -0.3 is 9.84 Å². The monoisotopic (exact) mass is 243 g/mol. The summed E-state index contributed by atoms with van der Waals surface area (Å²) < 4.78 is 5.30. The largest absolute Gasteiger partial charge is 0.496 e. The highest BCUT2D eigenvalue weighted by molar-refractivity contribution is 5.96. The fraction of sp³-hybridized carbons (Fsp3) is 0.286. The summed E-state index contributed by atoms with van der Waals surface area (Å²) in [4.78, 5) is 15.4. The maximum Gasteiger partial charge on any atom is 0.354 e. The van der Waals surface area contributed by atoms with Gasteiger partial charge in [-0.05, 0) is 25.0 Å². The highest BCUT2D eigenvalue weighted by atomic mass is 16.5. The first-order valence-electron chi connectivity index (χ1n) is 5.91. The molecule has 0 unspecified atom stereocenters. The van der Waals surface area contributed by atoms with Gasteiger partial charge in [0.1, 0.15) is 11.4 Å². The van der Waals surface area contributed by atoms with Gasteiger partial charge in [0, 0.05) is 16.7 Å². The lowest BCUT2D eigenvalue weighted by Gasteiger charge is -2.10. The summed E-state index contributed by atoms with van der Waals surface area (Å²) in [5, 5.41) is 11.0. The van der Waals surface area contributed by atoms with Crippen LogP contribution in [0.15, 0.2) is 24.3 Å². The molecule has 18 heavy (non-hydrogen) atoms. The SMILES string of the molecule is COc1cccc2c(C3CC3)nc(C(=O)O)cc12. The van der Waals surface area contributed by atoms with Crippen molar-refractivity contribution in [3.63, 3.8) is 0 Å².